The van der Waals surface area contributed by atoms with Gasteiger partial charge in [0.2, 0.25) is 0 Å². The highest BCUT2D eigenvalue weighted by Gasteiger charge is 2.18. The van der Waals surface area contributed by atoms with Gasteiger partial charge >= 0.3 is 5.69 Å². The summed E-state index contributed by atoms with van der Waals surface area (Å²) >= 11 is 0. The lowest BCUT2D eigenvalue weighted by atomic mass is 10.0. The van der Waals surface area contributed by atoms with Gasteiger partial charge in [-0.3, -0.25) is 14.1 Å². The third kappa shape index (κ3) is 3.81. The number of hydrogen-bond donors (Lipinski definition) is 2. The first kappa shape index (κ1) is 22.8. The number of nitrogens with zero attached hydrogens (tertiary/aromatic N) is 6. The number of aliphatic imine (C=N–C) groups is 1. The van der Waals surface area contributed by atoms with Crippen molar-refractivity contribution in [1.29, 1.82) is 0 Å². The number of fused-ring (bicyclic) bond motifs is 3. The normalized spacial score (nSPS) is 12.1. The van der Waals surface area contributed by atoms with Gasteiger partial charge in [-0.2, -0.15) is 0 Å². The predicted molar refractivity (Wildman–Crippen MR) is 140 cm³/mol. The van der Waals surface area contributed by atoms with Gasteiger partial charge in [-0.15, -0.1) is 0 Å². The molecule has 3 N–H and O–H groups in total. The van der Waals surface area contributed by atoms with Gasteiger partial charge in [-0.05, 0) is 36.8 Å². The lowest BCUT2D eigenvalue weighted by molar-refractivity contribution is 0.839. The van der Waals surface area contributed by atoms with Crippen LogP contribution in [0.5, 0.6) is 0 Å². The van der Waals surface area contributed by atoms with Gasteiger partial charge in [0.05, 0.1) is 34.1 Å². The summed E-state index contributed by atoms with van der Waals surface area (Å²) in [6.45, 7) is 5.72. The van der Waals surface area contributed by atoms with Crippen LogP contribution in [0, 0.1) is 6.92 Å². The van der Waals surface area contributed by atoms with E-state index in [1.807, 2.05) is 56.3 Å². The number of allylic oxidation sites excluding steroid dienone is 1. The Balaban J connectivity index is 2.01. The average molecular weight is 457 g/mol. The number of nitrogens with two attached hydrogens (primary N) is 1. The largest absolute Gasteiger partial charge is 0.404 e. The van der Waals surface area contributed by atoms with E-state index in [9.17, 15) is 4.79 Å². The van der Waals surface area contributed by atoms with Crippen LogP contribution in [0.15, 0.2) is 64.9 Å². The van der Waals surface area contributed by atoms with Crippen molar-refractivity contribution in [3.05, 3.63) is 76.9 Å². The lowest BCUT2D eigenvalue weighted by Crippen LogP contribution is -2.22. The molecule has 0 saturated carbocycles. The number of aryl methyl sites for hydroxylation is 2. The number of nitrogens with one attached hydrogen (secondary N) is 1. The summed E-state index contributed by atoms with van der Waals surface area (Å²) in [4.78, 5) is 28.9. The van der Waals surface area contributed by atoms with Crippen LogP contribution in [0.2, 0.25) is 0 Å². The molecule has 0 aliphatic rings. The van der Waals surface area contributed by atoms with Crippen molar-refractivity contribution in [2.24, 2.45) is 17.8 Å². The van der Waals surface area contributed by atoms with E-state index >= 15 is 0 Å². The molecule has 0 saturated heterocycles. The molecule has 9 nitrogen and oxygen atoms in total. The molecule has 1 aromatic carbocycles. The Morgan fingerprint density at radius 1 is 1.26 bits per heavy atom. The Morgan fingerprint density at radius 2 is 2.03 bits per heavy atom. The first-order valence-electron chi connectivity index (χ1n) is 10.7. The van der Waals surface area contributed by atoms with E-state index < -0.39 is 0 Å². The average Bonchev–Trinajstić information content (AvgIpc) is 3.09. The molecule has 0 amide bonds. The molecule has 0 bridgehead atoms. The summed E-state index contributed by atoms with van der Waals surface area (Å²) in [7, 11) is 7.37. The molecule has 0 spiro atoms. The van der Waals surface area contributed by atoms with Gasteiger partial charge < -0.3 is 16.0 Å². The molecule has 4 aromatic rings. The van der Waals surface area contributed by atoms with Crippen molar-refractivity contribution < 1.29 is 0 Å². The quantitative estimate of drug-likeness (QED) is 0.432. The van der Waals surface area contributed by atoms with Crippen LogP contribution in [0.4, 0.5) is 5.82 Å². The highest BCUT2D eigenvalue weighted by Crippen LogP contribution is 2.29. The Bertz CT molecular complexity index is 1540. The molecule has 0 unspecified atom stereocenters. The minimum Gasteiger partial charge on any atom is -0.404 e. The zero-order valence-corrected chi connectivity index (χ0v) is 20.0. The first-order chi connectivity index (χ1) is 16.3. The zero-order chi connectivity index (χ0) is 24.6. The molecular formula is C25H28N8O. The smallest absolute Gasteiger partial charge is 0.333 e. The van der Waals surface area contributed by atoms with Crippen LogP contribution < -0.4 is 21.6 Å². The Hall–Kier alpha value is -4.40. The van der Waals surface area contributed by atoms with Gasteiger partial charge in [0.25, 0.3) is 0 Å². The molecule has 0 atom stereocenters. The van der Waals surface area contributed by atoms with Crippen molar-refractivity contribution in [2.45, 2.75) is 6.92 Å². The summed E-state index contributed by atoms with van der Waals surface area (Å²) in [5.74, 6) is 1.34. The van der Waals surface area contributed by atoms with Crippen molar-refractivity contribution in [3.63, 3.8) is 0 Å². The molecular weight excluding hydrogens is 428 g/mol. The number of rotatable bonds is 6. The summed E-state index contributed by atoms with van der Waals surface area (Å²) < 4.78 is 3.31. The molecule has 4 rings (SSSR count). The molecule has 34 heavy (non-hydrogen) atoms. The number of anilines is 1. The van der Waals surface area contributed by atoms with Gasteiger partial charge in [0.1, 0.15) is 11.6 Å². The zero-order valence-electron chi connectivity index (χ0n) is 20.0. The third-order valence-electron chi connectivity index (χ3n) is 5.79. The highest BCUT2D eigenvalue weighted by atomic mass is 16.1. The monoisotopic (exact) mass is 456 g/mol. The molecule has 3 aromatic heterocycles. The van der Waals surface area contributed by atoms with Gasteiger partial charge in [0.15, 0.2) is 0 Å². The SMILES string of the molecule is C=C(N=C/C(=C\N)c1ccc2ncc3c(c2c1)n(-c1ccc(N(C)C)nc1C)c(=O)n3C)NC. The number of imidazole rings is 1. The number of pyridine rings is 2. The third-order valence-corrected chi connectivity index (χ3v) is 5.79. The van der Waals surface area contributed by atoms with E-state index in [0.717, 1.165) is 44.7 Å². The maximum Gasteiger partial charge on any atom is 0.333 e. The molecule has 0 aliphatic heterocycles. The molecule has 174 valence electrons. The van der Waals surface area contributed by atoms with Crippen LogP contribution in [-0.4, -0.2) is 46.5 Å². The maximum atomic E-state index is 13.4. The summed E-state index contributed by atoms with van der Waals surface area (Å²) in [6.07, 6.45) is 4.87. The van der Waals surface area contributed by atoms with E-state index in [1.54, 1.807) is 35.6 Å². The van der Waals surface area contributed by atoms with Gasteiger partial charge in [-0.1, -0.05) is 12.6 Å². The molecule has 0 radical (unpaired) electrons. The number of benzene rings is 1. The Labute approximate surface area is 197 Å². The van der Waals surface area contributed by atoms with E-state index in [0.29, 0.717) is 11.4 Å². The van der Waals surface area contributed by atoms with Crippen molar-refractivity contribution >= 4 is 39.5 Å². The molecule has 3 heterocycles. The second-order valence-electron chi connectivity index (χ2n) is 8.15. The van der Waals surface area contributed by atoms with Crippen LogP contribution in [0.25, 0.3) is 33.2 Å². The van der Waals surface area contributed by atoms with Crippen LogP contribution in [0.3, 0.4) is 0 Å². The van der Waals surface area contributed by atoms with Crippen LogP contribution in [-0.2, 0) is 7.05 Å². The Morgan fingerprint density at radius 3 is 2.68 bits per heavy atom. The highest BCUT2D eigenvalue weighted by molar-refractivity contribution is 6.12. The van der Waals surface area contributed by atoms with Crippen molar-refractivity contribution in [2.75, 3.05) is 26.0 Å². The van der Waals surface area contributed by atoms with Crippen molar-refractivity contribution in [1.82, 2.24) is 24.4 Å². The second kappa shape index (κ2) is 8.86. The van der Waals surface area contributed by atoms with Crippen LogP contribution >= 0.6 is 0 Å². The number of aromatic nitrogens is 4. The van der Waals surface area contributed by atoms with E-state index in [2.05, 4.69) is 26.9 Å². The summed E-state index contributed by atoms with van der Waals surface area (Å²) in [5, 5.41) is 3.70. The molecule has 0 fully saturated rings. The maximum absolute atomic E-state index is 13.4. The summed E-state index contributed by atoms with van der Waals surface area (Å²) in [5.41, 5.74) is 11.0. The fourth-order valence-electron chi connectivity index (χ4n) is 3.85. The minimum absolute atomic E-state index is 0.168. The second-order valence-corrected chi connectivity index (χ2v) is 8.15. The van der Waals surface area contributed by atoms with E-state index in [-0.39, 0.29) is 5.69 Å². The minimum atomic E-state index is -0.168. The van der Waals surface area contributed by atoms with Gasteiger partial charge in [0, 0.05) is 51.6 Å². The first-order valence-corrected chi connectivity index (χ1v) is 10.7. The van der Waals surface area contributed by atoms with Gasteiger partial charge in [-0.25, -0.2) is 14.8 Å². The van der Waals surface area contributed by atoms with Crippen LogP contribution in [0.1, 0.15) is 11.3 Å². The molecule has 9 heteroatoms. The summed E-state index contributed by atoms with van der Waals surface area (Å²) in [6, 6.07) is 9.65. The lowest BCUT2D eigenvalue weighted by Gasteiger charge is -2.14. The fraction of sp³-hybridized carbons (Fsp3) is 0.200. The number of hydrogen-bond acceptors (Lipinski definition) is 7. The van der Waals surface area contributed by atoms with Crippen molar-refractivity contribution in [3.8, 4) is 5.69 Å². The fourth-order valence-corrected chi connectivity index (χ4v) is 3.85. The topological polar surface area (TPSA) is 106 Å². The van der Waals surface area contributed by atoms with E-state index in [1.165, 1.54) is 6.20 Å². The Kier molecular flexibility index (Phi) is 5.93. The molecule has 0 aliphatic carbocycles. The van der Waals surface area contributed by atoms with E-state index in [4.69, 9.17) is 5.73 Å². The predicted octanol–water partition coefficient (Wildman–Crippen LogP) is 2.71. The standard InChI is InChI=1S/C25H28N8O/c1-15-21(9-10-23(30-15)31(4)5)33-24-19-11-17(18(12-26)13-28-16(2)27-3)7-8-20(19)29-14-22(24)32(6)25(33)34/h7-14,27H,2,26H2,1,3-6H3/b18-12+,28-13?.